The second-order valence-electron chi connectivity index (χ2n) is 4.36. The van der Waals surface area contributed by atoms with Crippen LogP contribution in [0.4, 0.5) is 0 Å². The molecule has 0 aliphatic carbocycles. The summed E-state index contributed by atoms with van der Waals surface area (Å²) in [7, 11) is 1.67. The fraction of sp³-hybridized carbons (Fsp3) is 0.375. The molecular weight excluding hydrogens is 240 g/mol. The van der Waals surface area contributed by atoms with E-state index in [4.69, 9.17) is 14.2 Å². The summed E-state index contributed by atoms with van der Waals surface area (Å²) >= 11 is 0. The summed E-state index contributed by atoms with van der Waals surface area (Å²) in [6.07, 6.45) is 1.02. The van der Waals surface area contributed by atoms with Gasteiger partial charge in [0.2, 0.25) is 0 Å². The molecule has 0 saturated carbocycles. The van der Waals surface area contributed by atoms with Gasteiger partial charge in [0, 0.05) is 7.11 Å². The second kappa shape index (κ2) is 7.00. The Hall–Kier alpha value is -1.74. The van der Waals surface area contributed by atoms with Gasteiger partial charge in [-0.15, -0.1) is 0 Å². The van der Waals surface area contributed by atoms with Crippen molar-refractivity contribution in [3.05, 3.63) is 36.4 Å². The molecule has 0 spiro atoms. The van der Waals surface area contributed by atoms with Crippen molar-refractivity contribution in [2.45, 2.75) is 13.3 Å². The van der Waals surface area contributed by atoms with Crippen LogP contribution in [0.3, 0.4) is 0 Å². The maximum absolute atomic E-state index is 5.63. The molecule has 2 aromatic carbocycles. The van der Waals surface area contributed by atoms with E-state index in [0.717, 1.165) is 35.3 Å². The molecule has 3 nitrogen and oxygen atoms in total. The molecule has 0 saturated heterocycles. The van der Waals surface area contributed by atoms with Gasteiger partial charge in [-0.3, -0.25) is 0 Å². The van der Waals surface area contributed by atoms with Crippen LogP contribution in [0, 0.1) is 0 Å². The number of fused-ring (bicyclic) bond motifs is 1. The van der Waals surface area contributed by atoms with Crippen LogP contribution in [0.1, 0.15) is 13.3 Å². The number of methoxy groups -OCH3 is 1. The Balaban J connectivity index is 2.11. The summed E-state index contributed by atoms with van der Waals surface area (Å²) in [5.74, 6) is 1.79. The Bertz CT molecular complexity index is 522. The maximum atomic E-state index is 5.63. The van der Waals surface area contributed by atoms with Crippen LogP contribution in [0.25, 0.3) is 10.8 Å². The zero-order valence-electron chi connectivity index (χ0n) is 11.5. The molecule has 0 aromatic heterocycles. The third-order valence-corrected chi connectivity index (χ3v) is 2.81. The monoisotopic (exact) mass is 260 g/mol. The summed E-state index contributed by atoms with van der Waals surface area (Å²) in [5.41, 5.74) is 0. The van der Waals surface area contributed by atoms with E-state index >= 15 is 0 Å². The molecule has 0 bridgehead atoms. The molecule has 0 aliphatic rings. The molecule has 0 aliphatic heterocycles. The van der Waals surface area contributed by atoms with Crippen molar-refractivity contribution in [3.63, 3.8) is 0 Å². The summed E-state index contributed by atoms with van der Waals surface area (Å²) in [4.78, 5) is 0. The van der Waals surface area contributed by atoms with Crippen LogP contribution in [-0.2, 0) is 4.74 Å². The van der Waals surface area contributed by atoms with Crippen molar-refractivity contribution in [1.29, 1.82) is 0 Å². The molecule has 0 N–H and O–H groups in total. The van der Waals surface area contributed by atoms with E-state index in [9.17, 15) is 0 Å². The van der Waals surface area contributed by atoms with Crippen molar-refractivity contribution in [2.24, 2.45) is 0 Å². The predicted octanol–water partition coefficient (Wildman–Crippen LogP) is 3.65. The van der Waals surface area contributed by atoms with E-state index < -0.39 is 0 Å². The highest BCUT2D eigenvalue weighted by Crippen LogP contribution is 2.25. The van der Waals surface area contributed by atoms with Gasteiger partial charge in [-0.2, -0.15) is 0 Å². The molecule has 0 fully saturated rings. The number of benzene rings is 2. The first-order chi connectivity index (χ1) is 9.33. The molecular formula is C16H20O3. The first kappa shape index (κ1) is 13.7. The summed E-state index contributed by atoms with van der Waals surface area (Å²) < 4.78 is 16.2. The van der Waals surface area contributed by atoms with E-state index in [0.29, 0.717) is 13.2 Å². The van der Waals surface area contributed by atoms with E-state index in [-0.39, 0.29) is 0 Å². The first-order valence-corrected chi connectivity index (χ1v) is 6.62. The molecule has 102 valence electrons. The smallest absolute Gasteiger partial charge is 0.120 e. The second-order valence-corrected chi connectivity index (χ2v) is 4.36. The third-order valence-electron chi connectivity index (χ3n) is 2.81. The summed E-state index contributed by atoms with van der Waals surface area (Å²) in [6.45, 7) is 4.02. The fourth-order valence-corrected chi connectivity index (χ4v) is 1.84. The number of hydrogen-bond donors (Lipinski definition) is 0. The third kappa shape index (κ3) is 3.86. The van der Waals surface area contributed by atoms with Crippen LogP contribution in [0.15, 0.2) is 36.4 Å². The minimum atomic E-state index is 0.569. The van der Waals surface area contributed by atoms with Crippen LogP contribution >= 0.6 is 0 Å². The van der Waals surface area contributed by atoms with Crippen LogP contribution in [-0.4, -0.2) is 26.9 Å². The maximum Gasteiger partial charge on any atom is 0.120 e. The van der Waals surface area contributed by atoms with Crippen molar-refractivity contribution < 1.29 is 14.2 Å². The average molecular weight is 260 g/mol. The predicted molar refractivity (Wildman–Crippen MR) is 77.1 cm³/mol. The SMILES string of the molecule is CCCOc1ccc2cc(OCCOC)ccc2c1. The minimum Gasteiger partial charge on any atom is -0.494 e. The van der Waals surface area contributed by atoms with Crippen molar-refractivity contribution >= 4 is 10.8 Å². The standard InChI is InChI=1S/C16H20O3/c1-3-8-18-15-6-4-14-12-16(19-10-9-17-2)7-5-13(14)11-15/h4-7,11-12H,3,8-10H2,1-2H3. The van der Waals surface area contributed by atoms with Gasteiger partial charge in [0.1, 0.15) is 18.1 Å². The Kier molecular flexibility index (Phi) is 5.04. The molecule has 0 atom stereocenters. The number of hydrogen-bond acceptors (Lipinski definition) is 3. The highest BCUT2D eigenvalue weighted by atomic mass is 16.5. The van der Waals surface area contributed by atoms with Gasteiger partial charge in [-0.05, 0) is 41.5 Å². The Morgan fingerprint density at radius 3 is 1.89 bits per heavy atom. The Morgan fingerprint density at radius 2 is 1.37 bits per heavy atom. The highest BCUT2D eigenvalue weighted by Gasteiger charge is 2.00. The lowest BCUT2D eigenvalue weighted by atomic mass is 10.1. The molecule has 0 amide bonds. The number of ether oxygens (including phenoxy) is 3. The zero-order valence-corrected chi connectivity index (χ0v) is 11.5. The molecule has 2 rings (SSSR count). The Labute approximate surface area is 114 Å². The van der Waals surface area contributed by atoms with Crippen LogP contribution < -0.4 is 9.47 Å². The lowest BCUT2D eigenvalue weighted by Crippen LogP contribution is -2.03. The van der Waals surface area contributed by atoms with Gasteiger partial charge in [-0.1, -0.05) is 19.1 Å². The zero-order chi connectivity index (χ0) is 13.5. The lowest BCUT2D eigenvalue weighted by molar-refractivity contribution is 0.146. The molecule has 3 heteroatoms. The van der Waals surface area contributed by atoms with Gasteiger partial charge in [0.25, 0.3) is 0 Å². The minimum absolute atomic E-state index is 0.569. The van der Waals surface area contributed by atoms with Crippen molar-refractivity contribution in [2.75, 3.05) is 26.9 Å². The molecule has 0 unspecified atom stereocenters. The summed E-state index contributed by atoms with van der Waals surface area (Å²) in [6, 6.07) is 12.2. The molecule has 19 heavy (non-hydrogen) atoms. The van der Waals surface area contributed by atoms with E-state index in [1.807, 2.05) is 18.2 Å². The largest absolute Gasteiger partial charge is 0.494 e. The number of rotatable bonds is 7. The van der Waals surface area contributed by atoms with E-state index in [1.165, 1.54) is 0 Å². The quantitative estimate of drug-likeness (QED) is 0.711. The lowest BCUT2D eigenvalue weighted by Gasteiger charge is -2.08. The van der Waals surface area contributed by atoms with Crippen LogP contribution in [0.5, 0.6) is 11.5 Å². The van der Waals surface area contributed by atoms with Gasteiger partial charge in [-0.25, -0.2) is 0 Å². The normalized spacial score (nSPS) is 10.6. The summed E-state index contributed by atoms with van der Waals surface area (Å²) in [5, 5.41) is 2.31. The van der Waals surface area contributed by atoms with Gasteiger partial charge in [0.15, 0.2) is 0 Å². The van der Waals surface area contributed by atoms with E-state index in [1.54, 1.807) is 7.11 Å². The van der Waals surface area contributed by atoms with Gasteiger partial charge in [0.05, 0.1) is 13.2 Å². The average Bonchev–Trinajstić information content (AvgIpc) is 2.45. The Morgan fingerprint density at radius 1 is 0.789 bits per heavy atom. The highest BCUT2D eigenvalue weighted by molar-refractivity contribution is 5.85. The van der Waals surface area contributed by atoms with Crippen molar-refractivity contribution in [3.8, 4) is 11.5 Å². The van der Waals surface area contributed by atoms with E-state index in [2.05, 4.69) is 25.1 Å². The van der Waals surface area contributed by atoms with Gasteiger partial charge >= 0.3 is 0 Å². The molecule has 2 aromatic rings. The molecule has 0 heterocycles. The fourth-order valence-electron chi connectivity index (χ4n) is 1.84. The molecule has 0 radical (unpaired) electrons. The van der Waals surface area contributed by atoms with Crippen molar-refractivity contribution in [1.82, 2.24) is 0 Å². The topological polar surface area (TPSA) is 27.7 Å². The van der Waals surface area contributed by atoms with Gasteiger partial charge < -0.3 is 14.2 Å². The first-order valence-electron chi connectivity index (χ1n) is 6.62. The van der Waals surface area contributed by atoms with Crippen LogP contribution in [0.2, 0.25) is 0 Å².